The first-order valence-corrected chi connectivity index (χ1v) is 11.4. The van der Waals surface area contributed by atoms with E-state index in [4.69, 9.17) is 32.7 Å². The minimum atomic E-state index is -0.676. The predicted octanol–water partition coefficient (Wildman–Crippen LogP) is 5.10. The largest absolute Gasteiger partial charge is 0.493 e. The number of carbonyl (C=O) groups is 2. The van der Waals surface area contributed by atoms with Crippen molar-refractivity contribution in [3.05, 3.63) is 58.1 Å². The van der Waals surface area contributed by atoms with E-state index in [2.05, 4.69) is 5.32 Å². The van der Waals surface area contributed by atoms with Crippen LogP contribution in [0, 0.1) is 0 Å². The van der Waals surface area contributed by atoms with Gasteiger partial charge in [0.15, 0.2) is 18.1 Å². The summed E-state index contributed by atoms with van der Waals surface area (Å²) in [5, 5.41) is 3.90. The number of rotatable bonds is 11. The number of halogens is 2. The molecule has 0 aliphatic heterocycles. The third-order valence-electron chi connectivity index (χ3n) is 5.16. The summed E-state index contributed by atoms with van der Waals surface area (Å²) in [5.41, 5.74) is 0.691. The van der Waals surface area contributed by atoms with Crippen LogP contribution in [-0.2, 0) is 16.1 Å². The molecular weight excluding hydrogens is 451 g/mol. The fourth-order valence-corrected chi connectivity index (χ4v) is 3.62. The van der Waals surface area contributed by atoms with E-state index in [1.54, 1.807) is 36.4 Å². The molecule has 0 aliphatic carbocycles. The van der Waals surface area contributed by atoms with Gasteiger partial charge < -0.3 is 19.7 Å². The van der Waals surface area contributed by atoms with Gasteiger partial charge in [-0.3, -0.25) is 9.59 Å². The Morgan fingerprint density at radius 3 is 2.34 bits per heavy atom. The molecule has 0 heterocycles. The molecule has 0 spiro atoms. The maximum atomic E-state index is 13.3. The monoisotopic (exact) mass is 480 g/mol. The van der Waals surface area contributed by atoms with Crippen LogP contribution in [0.15, 0.2) is 42.5 Å². The third-order valence-corrected chi connectivity index (χ3v) is 5.75. The molecule has 2 unspecified atom stereocenters. The summed E-state index contributed by atoms with van der Waals surface area (Å²) in [6.45, 7) is 5.68. The van der Waals surface area contributed by atoms with E-state index in [0.29, 0.717) is 33.5 Å². The van der Waals surface area contributed by atoms with Crippen molar-refractivity contribution in [1.82, 2.24) is 10.2 Å². The number of nitrogens with one attached hydrogen (secondary N) is 1. The Labute approximate surface area is 199 Å². The summed E-state index contributed by atoms with van der Waals surface area (Å²) in [5.74, 6) is 0.421. The van der Waals surface area contributed by atoms with Crippen molar-refractivity contribution in [3.63, 3.8) is 0 Å². The number of hydrogen-bond acceptors (Lipinski definition) is 4. The molecule has 1 N–H and O–H groups in total. The van der Waals surface area contributed by atoms with Crippen LogP contribution >= 0.6 is 23.2 Å². The summed E-state index contributed by atoms with van der Waals surface area (Å²) in [7, 11) is 1.53. The second-order valence-corrected chi connectivity index (χ2v) is 8.28. The number of ether oxygens (including phenoxy) is 2. The SMILES string of the molecule is CCC(C)NC(=O)C(CC)N(Cc1ccc(Cl)cc1Cl)C(=O)COc1ccccc1OC. The Kier molecular flexibility index (Phi) is 10.1. The second kappa shape index (κ2) is 12.6. The van der Waals surface area contributed by atoms with Gasteiger partial charge in [-0.1, -0.05) is 55.2 Å². The number of methoxy groups -OCH3 is 1. The van der Waals surface area contributed by atoms with Crippen molar-refractivity contribution in [2.45, 2.75) is 52.2 Å². The zero-order chi connectivity index (χ0) is 23.7. The Hall–Kier alpha value is -2.44. The molecule has 2 aromatic carbocycles. The van der Waals surface area contributed by atoms with Gasteiger partial charge in [0.1, 0.15) is 6.04 Å². The average Bonchev–Trinajstić information content (AvgIpc) is 2.78. The quantitative estimate of drug-likeness (QED) is 0.485. The van der Waals surface area contributed by atoms with Gasteiger partial charge >= 0.3 is 0 Å². The van der Waals surface area contributed by atoms with Gasteiger partial charge in [-0.25, -0.2) is 0 Å². The van der Waals surface area contributed by atoms with Crippen LogP contribution in [0.25, 0.3) is 0 Å². The molecule has 0 bridgehead atoms. The van der Waals surface area contributed by atoms with Crippen LogP contribution in [0.2, 0.25) is 10.0 Å². The molecule has 0 fully saturated rings. The molecule has 6 nitrogen and oxygen atoms in total. The first-order valence-electron chi connectivity index (χ1n) is 10.6. The summed E-state index contributed by atoms with van der Waals surface area (Å²) < 4.78 is 11.0. The zero-order valence-electron chi connectivity index (χ0n) is 18.9. The molecule has 2 amide bonds. The molecule has 2 aromatic rings. The Balaban J connectivity index is 2.28. The Bertz CT molecular complexity index is 923. The molecule has 2 rings (SSSR count). The minimum absolute atomic E-state index is 0.00236. The Morgan fingerprint density at radius 1 is 1.06 bits per heavy atom. The second-order valence-electron chi connectivity index (χ2n) is 7.44. The van der Waals surface area contributed by atoms with Gasteiger partial charge in [0.05, 0.1) is 7.11 Å². The first kappa shape index (κ1) is 25.8. The minimum Gasteiger partial charge on any atom is -0.493 e. The topological polar surface area (TPSA) is 67.9 Å². The van der Waals surface area contributed by atoms with Crippen LogP contribution in [0.1, 0.15) is 39.2 Å². The van der Waals surface area contributed by atoms with E-state index in [1.165, 1.54) is 12.0 Å². The summed E-state index contributed by atoms with van der Waals surface area (Å²) >= 11 is 12.4. The smallest absolute Gasteiger partial charge is 0.261 e. The molecule has 32 heavy (non-hydrogen) atoms. The number of hydrogen-bond donors (Lipinski definition) is 1. The van der Waals surface area contributed by atoms with E-state index in [0.717, 1.165) is 6.42 Å². The van der Waals surface area contributed by atoms with Crippen molar-refractivity contribution in [2.24, 2.45) is 0 Å². The molecule has 0 saturated carbocycles. The normalized spacial score (nSPS) is 12.6. The predicted molar refractivity (Wildman–Crippen MR) is 127 cm³/mol. The van der Waals surface area contributed by atoms with E-state index in [-0.39, 0.29) is 31.0 Å². The first-order chi connectivity index (χ1) is 15.3. The molecule has 0 aromatic heterocycles. The molecule has 0 radical (unpaired) electrons. The molecule has 0 saturated heterocycles. The maximum Gasteiger partial charge on any atom is 0.261 e. The van der Waals surface area contributed by atoms with Crippen molar-refractivity contribution in [3.8, 4) is 11.5 Å². The summed E-state index contributed by atoms with van der Waals surface area (Å²) in [6.07, 6.45) is 1.23. The van der Waals surface area contributed by atoms with Gasteiger partial charge in [-0.2, -0.15) is 0 Å². The zero-order valence-corrected chi connectivity index (χ0v) is 20.4. The van der Waals surface area contributed by atoms with Gasteiger partial charge in [-0.15, -0.1) is 0 Å². The van der Waals surface area contributed by atoms with E-state index >= 15 is 0 Å². The number of nitrogens with zero attached hydrogens (tertiary/aromatic N) is 1. The van der Waals surface area contributed by atoms with Gasteiger partial charge in [0, 0.05) is 22.6 Å². The number of para-hydroxylation sites is 2. The highest BCUT2D eigenvalue weighted by atomic mass is 35.5. The lowest BCUT2D eigenvalue weighted by atomic mass is 10.1. The summed E-state index contributed by atoms with van der Waals surface area (Å²) in [6, 6.07) is 11.5. The van der Waals surface area contributed by atoms with Crippen molar-refractivity contribution >= 4 is 35.0 Å². The van der Waals surface area contributed by atoms with Gasteiger partial charge in [-0.05, 0) is 49.6 Å². The number of carbonyl (C=O) groups excluding carboxylic acids is 2. The highest BCUT2D eigenvalue weighted by Crippen LogP contribution is 2.27. The van der Waals surface area contributed by atoms with Crippen LogP contribution in [0.5, 0.6) is 11.5 Å². The van der Waals surface area contributed by atoms with Crippen molar-refractivity contribution in [2.75, 3.05) is 13.7 Å². The Morgan fingerprint density at radius 2 is 1.75 bits per heavy atom. The maximum absolute atomic E-state index is 13.3. The molecule has 8 heteroatoms. The fraction of sp³-hybridized carbons (Fsp3) is 0.417. The van der Waals surface area contributed by atoms with Crippen LogP contribution in [0.4, 0.5) is 0 Å². The highest BCUT2D eigenvalue weighted by molar-refractivity contribution is 6.35. The molecule has 0 aliphatic rings. The average molecular weight is 481 g/mol. The lowest BCUT2D eigenvalue weighted by Gasteiger charge is -2.31. The van der Waals surface area contributed by atoms with Crippen LogP contribution < -0.4 is 14.8 Å². The van der Waals surface area contributed by atoms with Crippen LogP contribution in [-0.4, -0.2) is 42.5 Å². The lowest BCUT2D eigenvalue weighted by Crippen LogP contribution is -2.51. The van der Waals surface area contributed by atoms with Crippen molar-refractivity contribution in [1.29, 1.82) is 0 Å². The molecular formula is C24H30Cl2N2O4. The fourth-order valence-electron chi connectivity index (χ4n) is 3.15. The standard InChI is InChI=1S/C24H30Cl2N2O4/c1-5-16(3)27-24(30)20(6-2)28(14-17-11-12-18(25)13-19(17)26)23(29)15-32-22-10-8-7-9-21(22)31-4/h7-13,16,20H,5-6,14-15H2,1-4H3,(H,27,30). The highest BCUT2D eigenvalue weighted by Gasteiger charge is 2.30. The molecule has 2 atom stereocenters. The van der Waals surface area contributed by atoms with Crippen molar-refractivity contribution < 1.29 is 19.1 Å². The third kappa shape index (κ3) is 7.04. The van der Waals surface area contributed by atoms with Gasteiger partial charge in [0.2, 0.25) is 5.91 Å². The van der Waals surface area contributed by atoms with Crippen LogP contribution in [0.3, 0.4) is 0 Å². The summed E-state index contributed by atoms with van der Waals surface area (Å²) in [4.78, 5) is 27.7. The number of benzene rings is 2. The van der Waals surface area contributed by atoms with E-state index in [1.807, 2.05) is 26.8 Å². The molecule has 174 valence electrons. The lowest BCUT2D eigenvalue weighted by molar-refractivity contribution is -0.143. The van der Waals surface area contributed by atoms with Gasteiger partial charge in [0.25, 0.3) is 5.91 Å². The van der Waals surface area contributed by atoms with E-state index in [9.17, 15) is 9.59 Å². The van der Waals surface area contributed by atoms with E-state index < -0.39 is 6.04 Å². The number of amides is 2.